The molecule has 0 aliphatic heterocycles. The number of nitrogens with one attached hydrogen (secondary N) is 1. The average Bonchev–Trinajstić information content (AvgIpc) is 2.64. The Hall–Kier alpha value is -0.390. The van der Waals surface area contributed by atoms with Crippen molar-refractivity contribution in [2.75, 3.05) is 12.8 Å². The Morgan fingerprint density at radius 2 is 2.12 bits per heavy atom. The van der Waals surface area contributed by atoms with Gasteiger partial charge in [0.05, 0.1) is 10.8 Å². The minimum absolute atomic E-state index is 0.154. The molecule has 1 rings (SSSR count). The van der Waals surface area contributed by atoms with E-state index in [1.54, 1.807) is 25.2 Å². The topological polar surface area (TPSA) is 46.2 Å². The largest absolute Gasteiger partial charge is 0.309 e. The predicted molar refractivity (Wildman–Crippen MR) is 69.7 cm³/mol. The van der Waals surface area contributed by atoms with Crippen LogP contribution in [0, 0.1) is 0 Å². The first-order chi connectivity index (χ1) is 7.30. The zero-order valence-electron chi connectivity index (χ0n) is 10.1. The number of rotatable bonds is 5. The Bertz CT molecular complexity index is 421. The molecule has 0 fully saturated rings. The van der Waals surface area contributed by atoms with Gasteiger partial charge in [-0.25, -0.2) is 8.42 Å². The summed E-state index contributed by atoms with van der Waals surface area (Å²) < 4.78 is 22.9. The number of sulfone groups is 1. The second-order valence-corrected chi connectivity index (χ2v) is 7.80. The van der Waals surface area contributed by atoms with Gasteiger partial charge in [-0.3, -0.25) is 0 Å². The second kappa shape index (κ2) is 4.85. The molecule has 92 valence electrons. The maximum atomic E-state index is 11.8. The van der Waals surface area contributed by atoms with Crippen molar-refractivity contribution in [3.63, 3.8) is 0 Å². The van der Waals surface area contributed by atoms with Crippen LogP contribution in [-0.4, -0.2) is 26.0 Å². The summed E-state index contributed by atoms with van der Waals surface area (Å²) in [6.07, 6.45) is 1.30. The van der Waals surface area contributed by atoms with Gasteiger partial charge in [0.1, 0.15) is 0 Å². The van der Waals surface area contributed by atoms with Crippen LogP contribution in [0.4, 0.5) is 0 Å². The van der Waals surface area contributed by atoms with E-state index in [1.165, 1.54) is 6.26 Å². The van der Waals surface area contributed by atoms with E-state index in [2.05, 4.69) is 5.32 Å². The Balaban J connectivity index is 3.13. The second-order valence-electron chi connectivity index (χ2n) is 4.42. The van der Waals surface area contributed by atoms with Gasteiger partial charge >= 0.3 is 0 Å². The minimum Gasteiger partial charge on any atom is -0.309 e. The van der Waals surface area contributed by atoms with Gasteiger partial charge in [-0.15, -0.1) is 0 Å². The lowest BCUT2D eigenvalue weighted by molar-refractivity contribution is 0.429. The van der Waals surface area contributed by atoms with Crippen molar-refractivity contribution >= 4 is 21.2 Å². The Kier molecular flexibility index (Phi) is 4.15. The summed E-state index contributed by atoms with van der Waals surface area (Å²) >= 11 is 1.59. The lowest BCUT2D eigenvalue weighted by atomic mass is 9.97. The molecule has 1 aromatic heterocycles. The van der Waals surface area contributed by atoms with E-state index < -0.39 is 14.6 Å². The number of hydrogen-bond acceptors (Lipinski definition) is 4. The van der Waals surface area contributed by atoms with Crippen LogP contribution in [0.25, 0.3) is 0 Å². The lowest BCUT2D eigenvalue weighted by Crippen LogP contribution is -2.44. The molecule has 5 heteroatoms. The van der Waals surface area contributed by atoms with Gasteiger partial charge < -0.3 is 5.32 Å². The lowest BCUT2D eigenvalue weighted by Gasteiger charge is -2.33. The summed E-state index contributed by atoms with van der Waals surface area (Å²) in [4.78, 5) is 0. The van der Waals surface area contributed by atoms with Crippen LogP contribution in [0.3, 0.4) is 0 Å². The molecule has 0 amide bonds. The summed E-state index contributed by atoms with van der Waals surface area (Å²) in [5.41, 5.74) is 1.04. The molecule has 1 atom stereocenters. The maximum Gasteiger partial charge on any atom is 0.154 e. The van der Waals surface area contributed by atoms with Crippen molar-refractivity contribution in [3.05, 3.63) is 22.4 Å². The Morgan fingerprint density at radius 3 is 2.50 bits per heavy atom. The normalized spacial score (nSPS) is 15.0. The zero-order valence-corrected chi connectivity index (χ0v) is 11.8. The standard InChI is InChI=1S/C11H19NO2S2/c1-5-12-10(9-6-7-15-8-9)11(2,3)16(4,13)14/h6-8,10,12H,5H2,1-4H3. The van der Waals surface area contributed by atoms with E-state index in [0.29, 0.717) is 0 Å². The molecular weight excluding hydrogens is 242 g/mol. The monoisotopic (exact) mass is 261 g/mol. The summed E-state index contributed by atoms with van der Waals surface area (Å²) in [7, 11) is -3.11. The van der Waals surface area contributed by atoms with Gasteiger partial charge in [0.25, 0.3) is 0 Å². The number of hydrogen-bond donors (Lipinski definition) is 1. The van der Waals surface area contributed by atoms with E-state index in [1.807, 2.05) is 23.8 Å². The van der Waals surface area contributed by atoms with Crippen LogP contribution in [0.2, 0.25) is 0 Å². The Labute approximate surface area is 102 Å². The minimum atomic E-state index is -3.11. The van der Waals surface area contributed by atoms with Crippen LogP contribution in [0.5, 0.6) is 0 Å². The first-order valence-corrected chi connectivity index (χ1v) is 8.09. The van der Waals surface area contributed by atoms with Crippen LogP contribution >= 0.6 is 11.3 Å². The van der Waals surface area contributed by atoms with Crippen LogP contribution in [0.1, 0.15) is 32.4 Å². The summed E-state index contributed by atoms with van der Waals surface area (Å²) in [5, 5.41) is 7.23. The Morgan fingerprint density at radius 1 is 1.50 bits per heavy atom. The van der Waals surface area contributed by atoms with E-state index in [9.17, 15) is 8.42 Å². The predicted octanol–water partition coefficient (Wildman–Crippen LogP) is 2.22. The van der Waals surface area contributed by atoms with Crippen LogP contribution in [-0.2, 0) is 9.84 Å². The smallest absolute Gasteiger partial charge is 0.154 e. The molecule has 1 unspecified atom stereocenters. The van der Waals surface area contributed by atoms with Crippen LogP contribution in [0.15, 0.2) is 16.8 Å². The van der Waals surface area contributed by atoms with Crippen molar-refractivity contribution < 1.29 is 8.42 Å². The van der Waals surface area contributed by atoms with Crippen LogP contribution < -0.4 is 5.32 Å². The molecule has 0 aliphatic carbocycles. The quantitative estimate of drug-likeness (QED) is 0.884. The van der Waals surface area contributed by atoms with E-state index >= 15 is 0 Å². The van der Waals surface area contributed by atoms with E-state index in [0.717, 1.165) is 12.1 Å². The molecule has 0 aromatic carbocycles. The zero-order chi connectivity index (χ0) is 12.4. The highest BCUT2D eigenvalue weighted by molar-refractivity contribution is 7.92. The highest BCUT2D eigenvalue weighted by Crippen LogP contribution is 2.33. The van der Waals surface area contributed by atoms with Gasteiger partial charge in [0.15, 0.2) is 9.84 Å². The van der Waals surface area contributed by atoms with Gasteiger partial charge in [0.2, 0.25) is 0 Å². The molecule has 1 N–H and O–H groups in total. The van der Waals surface area contributed by atoms with Crippen molar-refractivity contribution in [1.82, 2.24) is 5.32 Å². The summed E-state index contributed by atoms with van der Waals surface area (Å²) in [6.45, 7) is 6.28. The van der Waals surface area contributed by atoms with Crippen molar-refractivity contribution in [3.8, 4) is 0 Å². The molecular formula is C11H19NO2S2. The molecule has 0 spiro atoms. The molecule has 0 radical (unpaired) electrons. The molecule has 3 nitrogen and oxygen atoms in total. The fourth-order valence-corrected chi connectivity index (χ4v) is 2.96. The third-order valence-corrected chi connectivity index (χ3v) is 5.78. The van der Waals surface area contributed by atoms with Crippen molar-refractivity contribution in [2.45, 2.75) is 31.6 Å². The molecule has 1 aromatic rings. The maximum absolute atomic E-state index is 11.8. The number of thiophene rings is 1. The first kappa shape index (κ1) is 13.7. The van der Waals surface area contributed by atoms with E-state index in [4.69, 9.17) is 0 Å². The molecule has 0 saturated heterocycles. The molecule has 0 saturated carbocycles. The molecule has 16 heavy (non-hydrogen) atoms. The molecule has 1 heterocycles. The highest BCUT2D eigenvalue weighted by atomic mass is 32.2. The first-order valence-electron chi connectivity index (χ1n) is 5.25. The fourth-order valence-electron chi connectivity index (χ4n) is 1.62. The summed E-state index contributed by atoms with van der Waals surface area (Å²) in [5.74, 6) is 0. The average molecular weight is 261 g/mol. The third-order valence-electron chi connectivity index (χ3n) is 2.94. The van der Waals surface area contributed by atoms with Gasteiger partial charge in [0, 0.05) is 6.26 Å². The van der Waals surface area contributed by atoms with Crippen molar-refractivity contribution in [2.24, 2.45) is 0 Å². The third kappa shape index (κ3) is 2.64. The molecule has 0 bridgehead atoms. The fraction of sp³-hybridized carbons (Fsp3) is 0.636. The van der Waals surface area contributed by atoms with Gasteiger partial charge in [-0.1, -0.05) is 6.92 Å². The highest BCUT2D eigenvalue weighted by Gasteiger charge is 2.39. The summed E-state index contributed by atoms with van der Waals surface area (Å²) in [6, 6.07) is 1.82. The molecule has 0 aliphatic rings. The SMILES string of the molecule is CCNC(c1ccsc1)C(C)(C)S(C)(=O)=O. The van der Waals surface area contributed by atoms with Crippen molar-refractivity contribution in [1.29, 1.82) is 0 Å². The van der Waals surface area contributed by atoms with Gasteiger partial charge in [-0.2, -0.15) is 11.3 Å². The van der Waals surface area contributed by atoms with E-state index in [-0.39, 0.29) is 6.04 Å². The van der Waals surface area contributed by atoms with Gasteiger partial charge in [-0.05, 0) is 42.8 Å².